The molecule has 0 radical (unpaired) electrons. The second-order valence-electron chi connectivity index (χ2n) is 12.2. The summed E-state index contributed by atoms with van der Waals surface area (Å²) in [6.45, 7) is 0. The summed E-state index contributed by atoms with van der Waals surface area (Å²) in [6, 6.07) is 66.8. The first-order chi connectivity index (χ1) is 23.8. The molecule has 0 bridgehead atoms. The summed E-state index contributed by atoms with van der Waals surface area (Å²) in [6.07, 6.45) is 0. The number of fused-ring (bicyclic) bond motifs is 6. The van der Waals surface area contributed by atoms with Crippen LogP contribution < -0.4 is 9.64 Å². The lowest BCUT2D eigenvalue weighted by Gasteiger charge is -2.27. The van der Waals surface area contributed by atoms with Crippen molar-refractivity contribution < 1.29 is 4.74 Å². The maximum absolute atomic E-state index is 6.86. The summed E-state index contributed by atoms with van der Waals surface area (Å²) in [7, 11) is 0. The molecule has 226 valence electrons. The Labute approximate surface area is 280 Å². The zero-order chi connectivity index (χ0) is 31.9. The Balaban J connectivity index is 1.22. The van der Waals surface area contributed by atoms with Gasteiger partial charge in [-0.15, -0.1) is 0 Å². The number of rotatable bonds is 5. The Bertz CT molecular complexity index is 2410. The van der Waals surface area contributed by atoms with Crippen LogP contribution in [0.4, 0.5) is 17.1 Å². The average Bonchev–Trinajstić information content (AvgIpc) is 3.30. The molecule has 0 fully saturated rings. The van der Waals surface area contributed by atoms with Crippen molar-refractivity contribution in [2.24, 2.45) is 0 Å². The Hall–Kier alpha value is -6.38. The molecule has 1 heterocycles. The second kappa shape index (κ2) is 11.8. The van der Waals surface area contributed by atoms with Crippen molar-refractivity contribution in [2.45, 2.75) is 0 Å². The highest BCUT2D eigenvalue weighted by Gasteiger charge is 2.25. The first-order valence-corrected chi connectivity index (χ1v) is 16.3. The molecule has 2 heteroatoms. The van der Waals surface area contributed by atoms with E-state index in [0.717, 1.165) is 45.3 Å². The van der Waals surface area contributed by atoms with Gasteiger partial charge in [-0.2, -0.15) is 0 Å². The van der Waals surface area contributed by atoms with Crippen molar-refractivity contribution in [3.05, 3.63) is 188 Å². The van der Waals surface area contributed by atoms with Crippen LogP contribution in [-0.4, -0.2) is 0 Å². The number of benzene rings is 8. The van der Waals surface area contributed by atoms with Crippen molar-refractivity contribution in [2.75, 3.05) is 4.90 Å². The van der Waals surface area contributed by atoms with Crippen molar-refractivity contribution >= 4 is 27.8 Å². The quantitative estimate of drug-likeness (QED) is 0.191. The lowest BCUT2D eigenvalue weighted by atomic mass is 9.87. The van der Waals surface area contributed by atoms with Crippen molar-refractivity contribution in [1.29, 1.82) is 0 Å². The van der Waals surface area contributed by atoms with E-state index in [9.17, 15) is 0 Å². The number of para-hydroxylation sites is 1. The SMILES string of the molecule is c1ccc(-c2ccc(N(c3ccc4c(c3)Oc3ccccc3-c3c(-c5ccccc5)cccc3-4)c3ccc4ccccc4c3)cc2)cc1. The molecule has 0 aromatic heterocycles. The van der Waals surface area contributed by atoms with Crippen LogP contribution in [0.3, 0.4) is 0 Å². The third kappa shape index (κ3) is 4.92. The maximum Gasteiger partial charge on any atom is 0.137 e. The van der Waals surface area contributed by atoms with E-state index in [1.807, 2.05) is 6.07 Å². The van der Waals surface area contributed by atoms with Crippen LogP contribution in [0, 0.1) is 0 Å². The van der Waals surface area contributed by atoms with E-state index < -0.39 is 0 Å². The molecule has 2 nitrogen and oxygen atoms in total. The summed E-state index contributed by atoms with van der Waals surface area (Å²) in [4.78, 5) is 2.32. The largest absolute Gasteiger partial charge is 0.456 e. The highest BCUT2D eigenvalue weighted by Crippen LogP contribution is 2.51. The topological polar surface area (TPSA) is 12.5 Å². The van der Waals surface area contributed by atoms with Gasteiger partial charge in [-0.25, -0.2) is 0 Å². The maximum atomic E-state index is 6.86. The van der Waals surface area contributed by atoms with Crippen LogP contribution >= 0.6 is 0 Å². The van der Waals surface area contributed by atoms with Gasteiger partial charge in [-0.05, 0) is 81.1 Å². The average molecular weight is 614 g/mol. The highest BCUT2D eigenvalue weighted by molar-refractivity contribution is 5.99. The van der Waals surface area contributed by atoms with Crippen molar-refractivity contribution in [3.8, 4) is 56.0 Å². The molecule has 1 aliphatic rings. The molecule has 0 amide bonds. The van der Waals surface area contributed by atoms with Crippen LogP contribution in [0.25, 0.3) is 55.3 Å². The van der Waals surface area contributed by atoms with Crippen LogP contribution in [-0.2, 0) is 0 Å². The summed E-state index contributed by atoms with van der Waals surface area (Å²) in [5.41, 5.74) is 12.5. The third-order valence-electron chi connectivity index (χ3n) is 9.26. The van der Waals surface area contributed by atoms with E-state index in [0.29, 0.717) is 0 Å². The molecule has 0 saturated carbocycles. The number of nitrogens with zero attached hydrogens (tertiary/aromatic N) is 1. The fourth-order valence-electron chi connectivity index (χ4n) is 6.96. The van der Waals surface area contributed by atoms with Gasteiger partial charge in [0.05, 0.1) is 0 Å². The third-order valence-corrected chi connectivity index (χ3v) is 9.26. The fourth-order valence-corrected chi connectivity index (χ4v) is 6.96. The van der Waals surface area contributed by atoms with E-state index in [1.54, 1.807) is 0 Å². The standard InChI is InChI=1S/C46H31NO/c1-3-12-32(13-4-1)34-22-25-37(26-23-34)47(38-27-24-33-14-7-8-17-36(33)30-38)39-28-29-41-42-20-11-19-40(35-15-5-2-6-16-35)46(42)43-18-9-10-21-44(43)48-45(41)31-39/h1-31H. The second-order valence-corrected chi connectivity index (χ2v) is 12.2. The Morgan fingerprint density at radius 1 is 0.312 bits per heavy atom. The molecular formula is C46H31NO. The first-order valence-electron chi connectivity index (χ1n) is 16.3. The monoisotopic (exact) mass is 613 g/mol. The van der Waals surface area contributed by atoms with Crippen LogP contribution in [0.5, 0.6) is 11.5 Å². The van der Waals surface area contributed by atoms with Gasteiger partial charge in [0, 0.05) is 39.8 Å². The zero-order valence-corrected chi connectivity index (χ0v) is 26.3. The number of hydrogen-bond acceptors (Lipinski definition) is 2. The van der Waals surface area contributed by atoms with Crippen LogP contribution in [0.1, 0.15) is 0 Å². The molecule has 0 saturated heterocycles. The van der Waals surface area contributed by atoms with Gasteiger partial charge in [-0.3, -0.25) is 0 Å². The highest BCUT2D eigenvalue weighted by atomic mass is 16.5. The normalized spacial score (nSPS) is 11.5. The molecule has 48 heavy (non-hydrogen) atoms. The summed E-state index contributed by atoms with van der Waals surface area (Å²) in [5, 5.41) is 2.41. The first kappa shape index (κ1) is 27.9. The number of anilines is 3. The van der Waals surface area contributed by atoms with Gasteiger partial charge in [0.1, 0.15) is 11.5 Å². The summed E-state index contributed by atoms with van der Waals surface area (Å²) >= 11 is 0. The summed E-state index contributed by atoms with van der Waals surface area (Å²) < 4.78 is 6.86. The molecular weight excluding hydrogens is 583 g/mol. The molecule has 0 atom stereocenters. The van der Waals surface area contributed by atoms with Gasteiger partial charge in [-0.1, -0.05) is 140 Å². The zero-order valence-electron chi connectivity index (χ0n) is 26.3. The van der Waals surface area contributed by atoms with Crippen LogP contribution in [0.15, 0.2) is 188 Å². The van der Waals surface area contributed by atoms with Gasteiger partial charge in [0.25, 0.3) is 0 Å². The van der Waals surface area contributed by atoms with Crippen LogP contribution in [0.2, 0.25) is 0 Å². The number of hydrogen-bond donors (Lipinski definition) is 0. The minimum atomic E-state index is 0.829. The minimum Gasteiger partial charge on any atom is -0.456 e. The van der Waals surface area contributed by atoms with E-state index in [2.05, 4.69) is 187 Å². The van der Waals surface area contributed by atoms with Gasteiger partial charge < -0.3 is 9.64 Å². The Morgan fingerprint density at radius 3 is 1.71 bits per heavy atom. The molecule has 8 aromatic rings. The predicted molar refractivity (Wildman–Crippen MR) is 200 cm³/mol. The van der Waals surface area contributed by atoms with Crippen molar-refractivity contribution in [1.82, 2.24) is 0 Å². The number of ether oxygens (including phenoxy) is 1. The molecule has 9 rings (SSSR count). The minimum absolute atomic E-state index is 0.829. The molecule has 0 N–H and O–H groups in total. The smallest absolute Gasteiger partial charge is 0.137 e. The van der Waals surface area contributed by atoms with E-state index in [-0.39, 0.29) is 0 Å². The van der Waals surface area contributed by atoms with E-state index in [1.165, 1.54) is 38.6 Å². The molecule has 1 aliphatic heterocycles. The van der Waals surface area contributed by atoms with Gasteiger partial charge >= 0.3 is 0 Å². The molecule has 8 aromatic carbocycles. The molecule has 0 unspecified atom stereocenters. The Kier molecular flexibility index (Phi) is 6.84. The van der Waals surface area contributed by atoms with Gasteiger partial charge in [0.15, 0.2) is 0 Å². The lowest BCUT2D eigenvalue weighted by molar-refractivity contribution is 0.488. The predicted octanol–water partition coefficient (Wildman–Crippen LogP) is 13.1. The molecule has 0 aliphatic carbocycles. The Morgan fingerprint density at radius 2 is 0.896 bits per heavy atom. The van der Waals surface area contributed by atoms with E-state index >= 15 is 0 Å². The fraction of sp³-hybridized carbons (Fsp3) is 0. The molecule has 0 spiro atoms. The van der Waals surface area contributed by atoms with E-state index in [4.69, 9.17) is 4.74 Å². The van der Waals surface area contributed by atoms with Gasteiger partial charge in [0.2, 0.25) is 0 Å². The summed E-state index contributed by atoms with van der Waals surface area (Å²) in [5.74, 6) is 1.68. The van der Waals surface area contributed by atoms with Crippen molar-refractivity contribution in [3.63, 3.8) is 0 Å². The lowest BCUT2D eigenvalue weighted by Crippen LogP contribution is -2.10.